The van der Waals surface area contributed by atoms with Crippen LogP contribution in [-0.4, -0.2) is 6.61 Å². The topological polar surface area (TPSA) is 44.5 Å². The van der Waals surface area contributed by atoms with Crippen LogP contribution in [0, 0.1) is 0 Å². The van der Waals surface area contributed by atoms with Crippen LogP contribution in [0.3, 0.4) is 0 Å². The van der Waals surface area contributed by atoms with Crippen molar-refractivity contribution in [2.24, 2.45) is 5.73 Å². The minimum atomic E-state index is -0.213. The highest BCUT2D eigenvalue weighted by Gasteiger charge is 2.18. The van der Waals surface area contributed by atoms with Gasteiger partial charge in [-0.25, -0.2) is 0 Å². The Morgan fingerprint density at radius 2 is 2.00 bits per heavy atom. The maximum absolute atomic E-state index is 6.47. The van der Waals surface area contributed by atoms with E-state index in [1.54, 1.807) is 0 Å². The first-order chi connectivity index (χ1) is 10.2. The van der Waals surface area contributed by atoms with E-state index in [0.29, 0.717) is 19.8 Å². The monoisotopic (exact) mass is 347 g/mol. The fourth-order valence-electron chi connectivity index (χ4n) is 2.61. The number of rotatable bonds is 4. The first-order valence-corrected chi connectivity index (χ1v) is 7.85. The molecule has 0 saturated carbocycles. The van der Waals surface area contributed by atoms with Gasteiger partial charge >= 0.3 is 0 Å². The quantitative estimate of drug-likeness (QED) is 0.911. The Hall–Kier alpha value is -1.36. The van der Waals surface area contributed by atoms with Gasteiger partial charge in [-0.2, -0.15) is 0 Å². The average molecular weight is 348 g/mol. The van der Waals surface area contributed by atoms with E-state index in [1.165, 1.54) is 11.1 Å². The Labute approximate surface area is 133 Å². The lowest BCUT2D eigenvalue weighted by Gasteiger charge is -2.18. The van der Waals surface area contributed by atoms with Crippen molar-refractivity contribution in [2.45, 2.75) is 26.2 Å². The van der Waals surface area contributed by atoms with Crippen LogP contribution < -0.4 is 10.5 Å². The summed E-state index contributed by atoms with van der Waals surface area (Å²) < 4.78 is 12.2. The van der Waals surface area contributed by atoms with Crippen LogP contribution in [0.2, 0.25) is 0 Å². The third kappa shape index (κ3) is 2.98. The molecule has 3 rings (SSSR count). The van der Waals surface area contributed by atoms with Crippen molar-refractivity contribution in [1.29, 1.82) is 0 Å². The lowest BCUT2D eigenvalue weighted by Crippen LogP contribution is -2.14. The summed E-state index contributed by atoms with van der Waals surface area (Å²) in [7, 11) is 0. The molecule has 1 aliphatic rings. The van der Waals surface area contributed by atoms with Gasteiger partial charge < -0.3 is 15.2 Å². The third-order valence-electron chi connectivity index (χ3n) is 3.71. The number of nitrogens with two attached hydrogens (primary N) is 1. The summed E-state index contributed by atoms with van der Waals surface area (Å²) >= 11 is 3.51. The summed E-state index contributed by atoms with van der Waals surface area (Å²) in [5.41, 5.74) is 11.0. The van der Waals surface area contributed by atoms with Crippen molar-refractivity contribution in [3.05, 3.63) is 63.1 Å². The summed E-state index contributed by atoms with van der Waals surface area (Å²) in [6.07, 6.45) is 0. The van der Waals surface area contributed by atoms with Crippen LogP contribution in [-0.2, 0) is 18.0 Å². The predicted molar refractivity (Wildman–Crippen MR) is 86.3 cm³/mol. The highest BCUT2D eigenvalue weighted by molar-refractivity contribution is 9.10. The van der Waals surface area contributed by atoms with Crippen LogP contribution in [0.5, 0.6) is 5.75 Å². The molecule has 0 fully saturated rings. The van der Waals surface area contributed by atoms with Crippen molar-refractivity contribution in [2.75, 3.05) is 6.61 Å². The molecule has 0 spiro atoms. The van der Waals surface area contributed by atoms with Crippen molar-refractivity contribution in [1.82, 2.24) is 0 Å². The van der Waals surface area contributed by atoms with Crippen LogP contribution in [0.15, 0.2) is 40.9 Å². The Balaban J connectivity index is 1.97. The Kier molecular flexibility index (Phi) is 4.29. The molecule has 0 saturated heterocycles. The zero-order valence-electron chi connectivity index (χ0n) is 11.9. The third-order valence-corrected chi connectivity index (χ3v) is 4.20. The van der Waals surface area contributed by atoms with Gasteiger partial charge in [0.2, 0.25) is 0 Å². The van der Waals surface area contributed by atoms with Gasteiger partial charge in [-0.1, -0.05) is 34.1 Å². The van der Waals surface area contributed by atoms with Gasteiger partial charge in [-0.3, -0.25) is 0 Å². The second-order valence-electron chi connectivity index (χ2n) is 5.11. The van der Waals surface area contributed by atoms with E-state index in [4.69, 9.17) is 15.2 Å². The average Bonchev–Trinajstić information content (AvgIpc) is 2.96. The van der Waals surface area contributed by atoms with E-state index in [9.17, 15) is 0 Å². The van der Waals surface area contributed by atoms with Crippen molar-refractivity contribution < 1.29 is 9.47 Å². The molecule has 21 heavy (non-hydrogen) atoms. The highest BCUT2D eigenvalue weighted by atomic mass is 79.9. The number of fused-ring (bicyclic) bond motifs is 1. The summed E-state index contributed by atoms with van der Waals surface area (Å²) in [5.74, 6) is 0.838. The van der Waals surface area contributed by atoms with Gasteiger partial charge in [0, 0.05) is 10.0 Å². The molecule has 0 aliphatic carbocycles. The van der Waals surface area contributed by atoms with E-state index < -0.39 is 0 Å². The van der Waals surface area contributed by atoms with E-state index in [-0.39, 0.29) is 6.04 Å². The second kappa shape index (κ2) is 6.18. The number of hydrogen-bond donors (Lipinski definition) is 1. The Morgan fingerprint density at radius 3 is 2.81 bits per heavy atom. The van der Waals surface area contributed by atoms with Gasteiger partial charge in [0.1, 0.15) is 5.75 Å². The number of hydrogen-bond acceptors (Lipinski definition) is 3. The van der Waals surface area contributed by atoms with Gasteiger partial charge in [0.05, 0.1) is 25.9 Å². The molecular weight excluding hydrogens is 330 g/mol. The molecule has 0 bridgehead atoms. The molecule has 0 aromatic heterocycles. The molecule has 0 radical (unpaired) electrons. The fraction of sp³-hybridized carbons (Fsp3) is 0.294. The lowest BCUT2D eigenvalue weighted by molar-refractivity contribution is 0.134. The molecule has 2 aromatic carbocycles. The first kappa shape index (κ1) is 14.6. The van der Waals surface area contributed by atoms with Crippen LogP contribution in [0.1, 0.15) is 35.2 Å². The van der Waals surface area contributed by atoms with Crippen molar-refractivity contribution in [3.8, 4) is 5.75 Å². The molecule has 0 amide bonds. The summed E-state index contributed by atoms with van der Waals surface area (Å²) in [6.45, 7) is 3.97. The van der Waals surface area contributed by atoms with Crippen molar-refractivity contribution >= 4 is 15.9 Å². The standard InChI is InChI=1S/C17H18BrNO2/c1-2-21-16-6-5-14(18)8-15(16)17(19)11-3-4-12-9-20-10-13(12)7-11/h3-8,17H,2,9-10,19H2,1H3. The van der Waals surface area contributed by atoms with E-state index >= 15 is 0 Å². The maximum atomic E-state index is 6.47. The lowest BCUT2D eigenvalue weighted by atomic mass is 9.96. The van der Waals surface area contributed by atoms with E-state index in [0.717, 1.165) is 21.3 Å². The SMILES string of the molecule is CCOc1ccc(Br)cc1C(N)c1ccc2c(c1)COC2. The molecule has 1 unspecified atom stereocenters. The Bertz CT molecular complexity index is 657. The van der Waals surface area contributed by atoms with Gasteiger partial charge in [0.25, 0.3) is 0 Å². The molecule has 4 heteroatoms. The largest absolute Gasteiger partial charge is 0.494 e. The summed E-state index contributed by atoms with van der Waals surface area (Å²) in [6, 6.07) is 12.1. The van der Waals surface area contributed by atoms with Gasteiger partial charge in [-0.15, -0.1) is 0 Å². The molecule has 2 N–H and O–H groups in total. The van der Waals surface area contributed by atoms with Crippen LogP contribution >= 0.6 is 15.9 Å². The first-order valence-electron chi connectivity index (χ1n) is 7.06. The van der Waals surface area contributed by atoms with Crippen LogP contribution in [0.4, 0.5) is 0 Å². The minimum Gasteiger partial charge on any atom is -0.494 e. The number of benzene rings is 2. The molecular formula is C17H18BrNO2. The van der Waals surface area contributed by atoms with Gasteiger partial charge in [-0.05, 0) is 41.8 Å². The minimum absolute atomic E-state index is 0.213. The molecule has 110 valence electrons. The fourth-order valence-corrected chi connectivity index (χ4v) is 2.99. The molecule has 1 atom stereocenters. The zero-order valence-corrected chi connectivity index (χ0v) is 13.5. The molecule has 3 nitrogen and oxygen atoms in total. The van der Waals surface area contributed by atoms with E-state index in [2.05, 4.69) is 34.1 Å². The molecule has 1 heterocycles. The van der Waals surface area contributed by atoms with Gasteiger partial charge in [0.15, 0.2) is 0 Å². The van der Waals surface area contributed by atoms with Crippen LogP contribution in [0.25, 0.3) is 0 Å². The highest BCUT2D eigenvalue weighted by Crippen LogP contribution is 2.33. The summed E-state index contributed by atoms with van der Waals surface area (Å²) in [4.78, 5) is 0. The zero-order chi connectivity index (χ0) is 14.8. The maximum Gasteiger partial charge on any atom is 0.124 e. The molecule has 1 aliphatic heterocycles. The number of halogens is 1. The molecule has 2 aromatic rings. The Morgan fingerprint density at radius 1 is 1.19 bits per heavy atom. The number of ether oxygens (including phenoxy) is 2. The normalized spacial score (nSPS) is 14.8. The second-order valence-corrected chi connectivity index (χ2v) is 6.03. The predicted octanol–water partition coefficient (Wildman–Crippen LogP) is 3.93. The smallest absolute Gasteiger partial charge is 0.124 e. The summed E-state index contributed by atoms with van der Waals surface area (Å²) in [5, 5.41) is 0. The van der Waals surface area contributed by atoms with E-state index in [1.807, 2.05) is 25.1 Å². The van der Waals surface area contributed by atoms with Crippen molar-refractivity contribution in [3.63, 3.8) is 0 Å².